The van der Waals surface area contributed by atoms with Crippen molar-refractivity contribution in [3.8, 4) is 5.69 Å². The van der Waals surface area contributed by atoms with Crippen molar-refractivity contribution in [3.63, 3.8) is 0 Å². The first-order chi connectivity index (χ1) is 12.1. The Bertz CT molecular complexity index is 865. The molecule has 0 bridgehead atoms. The standard InChI is InChI=1S/C20H23ClN4/c1-15-17(20(21)25(22-15)16-8-4-3-5-9-16)14-24-13-7-11-19(24)18-10-6-12-23(18)2/h3-6,8-10,12,19H,7,11,13-14H2,1-2H3/p+1/t19-/m1/s1. The van der Waals surface area contributed by atoms with Gasteiger partial charge in [-0.2, -0.15) is 5.10 Å². The molecule has 4 rings (SSSR count). The molecule has 4 nitrogen and oxygen atoms in total. The smallest absolute Gasteiger partial charge is 0.142 e. The van der Waals surface area contributed by atoms with Crippen LogP contribution in [0, 0.1) is 6.92 Å². The van der Waals surface area contributed by atoms with Gasteiger partial charge in [0.2, 0.25) is 0 Å². The zero-order chi connectivity index (χ0) is 17.4. The maximum Gasteiger partial charge on any atom is 0.142 e. The lowest BCUT2D eigenvalue weighted by molar-refractivity contribution is -0.932. The van der Waals surface area contributed by atoms with E-state index in [0.29, 0.717) is 6.04 Å². The second-order valence-electron chi connectivity index (χ2n) is 6.93. The summed E-state index contributed by atoms with van der Waals surface area (Å²) in [6.45, 7) is 4.17. The molecule has 0 spiro atoms. The fraction of sp³-hybridized carbons (Fsp3) is 0.350. The van der Waals surface area contributed by atoms with E-state index in [9.17, 15) is 0 Å². The van der Waals surface area contributed by atoms with Crippen LogP contribution in [-0.4, -0.2) is 20.9 Å². The summed E-state index contributed by atoms with van der Waals surface area (Å²) in [5.41, 5.74) is 4.62. The lowest BCUT2D eigenvalue weighted by Crippen LogP contribution is -3.09. The third kappa shape index (κ3) is 3.00. The molecule has 3 aromatic rings. The van der Waals surface area contributed by atoms with Crippen LogP contribution in [0.25, 0.3) is 5.69 Å². The summed E-state index contributed by atoms with van der Waals surface area (Å²) < 4.78 is 4.11. The highest BCUT2D eigenvalue weighted by Crippen LogP contribution is 2.25. The maximum atomic E-state index is 6.73. The SMILES string of the molecule is Cc1nn(-c2ccccc2)c(Cl)c1C[NH+]1CCC[C@@H]1c1cccn1C. The minimum atomic E-state index is 0.538. The van der Waals surface area contributed by atoms with Crippen molar-refractivity contribution in [2.75, 3.05) is 6.54 Å². The lowest BCUT2D eigenvalue weighted by Gasteiger charge is -2.22. The molecule has 1 saturated heterocycles. The van der Waals surface area contributed by atoms with Gasteiger partial charge in [-0.3, -0.25) is 0 Å². The number of benzene rings is 1. The summed E-state index contributed by atoms with van der Waals surface area (Å²) in [5.74, 6) is 0. The molecule has 0 saturated carbocycles. The van der Waals surface area contributed by atoms with Gasteiger partial charge in [-0.05, 0) is 31.2 Å². The number of halogens is 1. The third-order valence-electron chi connectivity index (χ3n) is 5.35. The van der Waals surface area contributed by atoms with E-state index < -0.39 is 0 Å². The number of rotatable bonds is 4. The van der Waals surface area contributed by atoms with E-state index in [0.717, 1.165) is 23.1 Å². The Kier molecular flexibility index (Phi) is 4.40. The van der Waals surface area contributed by atoms with Gasteiger partial charge in [0.05, 0.1) is 29.2 Å². The number of hydrogen-bond donors (Lipinski definition) is 1. The predicted molar refractivity (Wildman–Crippen MR) is 100 cm³/mol. The number of aryl methyl sites for hydroxylation is 2. The first kappa shape index (κ1) is 16.4. The molecule has 0 radical (unpaired) electrons. The number of quaternary nitrogens is 1. The second kappa shape index (κ2) is 6.70. The highest BCUT2D eigenvalue weighted by atomic mass is 35.5. The van der Waals surface area contributed by atoms with E-state index in [1.54, 1.807) is 4.90 Å². The lowest BCUT2D eigenvalue weighted by atomic mass is 10.1. The van der Waals surface area contributed by atoms with Gasteiger partial charge in [0.25, 0.3) is 0 Å². The number of hydrogen-bond acceptors (Lipinski definition) is 1. The summed E-state index contributed by atoms with van der Waals surface area (Å²) in [6.07, 6.45) is 4.63. The van der Waals surface area contributed by atoms with Crippen molar-refractivity contribution in [1.29, 1.82) is 0 Å². The molecular weight excluding hydrogens is 332 g/mol. The van der Waals surface area contributed by atoms with Gasteiger partial charge in [0.15, 0.2) is 0 Å². The van der Waals surface area contributed by atoms with E-state index in [1.807, 2.05) is 35.0 Å². The van der Waals surface area contributed by atoms with Crippen LogP contribution >= 0.6 is 11.6 Å². The molecule has 2 aromatic heterocycles. The van der Waals surface area contributed by atoms with Gasteiger partial charge < -0.3 is 9.47 Å². The van der Waals surface area contributed by atoms with Crippen molar-refractivity contribution >= 4 is 11.6 Å². The van der Waals surface area contributed by atoms with E-state index in [2.05, 4.69) is 36.9 Å². The molecule has 1 N–H and O–H groups in total. The summed E-state index contributed by atoms with van der Waals surface area (Å²) in [6, 6.07) is 15.0. The van der Waals surface area contributed by atoms with Gasteiger partial charge >= 0.3 is 0 Å². The van der Waals surface area contributed by atoms with Crippen molar-refractivity contribution < 1.29 is 4.90 Å². The maximum absolute atomic E-state index is 6.73. The van der Waals surface area contributed by atoms with E-state index in [1.165, 1.54) is 30.6 Å². The largest absolute Gasteiger partial charge is 0.350 e. The third-order valence-corrected chi connectivity index (χ3v) is 5.74. The van der Waals surface area contributed by atoms with Gasteiger partial charge in [-0.1, -0.05) is 29.8 Å². The van der Waals surface area contributed by atoms with Crippen LogP contribution in [0.15, 0.2) is 48.7 Å². The van der Waals surface area contributed by atoms with E-state index in [-0.39, 0.29) is 0 Å². The molecule has 2 atom stereocenters. The topological polar surface area (TPSA) is 27.2 Å². The monoisotopic (exact) mass is 355 g/mol. The Morgan fingerprint density at radius 1 is 1.20 bits per heavy atom. The predicted octanol–water partition coefficient (Wildman–Crippen LogP) is 3.09. The molecule has 3 heterocycles. The van der Waals surface area contributed by atoms with Gasteiger partial charge in [0, 0.05) is 26.1 Å². The van der Waals surface area contributed by atoms with Crippen LogP contribution in [0.2, 0.25) is 5.15 Å². The average molecular weight is 356 g/mol. The van der Waals surface area contributed by atoms with Crippen LogP contribution in [0.1, 0.15) is 35.8 Å². The average Bonchev–Trinajstić information content (AvgIpc) is 3.31. The normalized spacial score (nSPS) is 20.3. The summed E-state index contributed by atoms with van der Waals surface area (Å²) in [7, 11) is 2.14. The van der Waals surface area contributed by atoms with Crippen molar-refractivity contribution in [1.82, 2.24) is 14.3 Å². The molecule has 1 unspecified atom stereocenters. The zero-order valence-electron chi connectivity index (χ0n) is 14.7. The van der Waals surface area contributed by atoms with E-state index in [4.69, 9.17) is 16.7 Å². The first-order valence-corrected chi connectivity index (χ1v) is 9.28. The number of para-hydroxylation sites is 1. The Balaban J connectivity index is 1.63. The quantitative estimate of drug-likeness (QED) is 0.765. The number of nitrogens with zero attached hydrogens (tertiary/aromatic N) is 3. The molecule has 0 amide bonds. The zero-order valence-corrected chi connectivity index (χ0v) is 15.5. The molecule has 0 aliphatic carbocycles. The van der Waals surface area contributed by atoms with Crippen LogP contribution in [0.3, 0.4) is 0 Å². The van der Waals surface area contributed by atoms with Gasteiger partial charge in [-0.15, -0.1) is 0 Å². The van der Waals surface area contributed by atoms with Crippen molar-refractivity contribution in [2.45, 2.75) is 32.4 Å². The second-order valence-corrected chi connectivity index (χ2v) is 7.28. The van der Waals surface area contributed by atoms with Crippen LogP contribution in [-0.2, 0) is 13.6 Å². The Morgan fingerprint density at radius 3 is 2.72 bits per heavy atom. The summed E-state index contributed by atoms with van der Waals surface area (Å²) in [5, 5.41) is 5.44. The highest BCUT2D eigenvalue weighted by Gasteiger charge is 2.33. The van der Waals surface area contributed by atoms with Crippen molar-refractivity contribution in [3.05, 3.63) is 70.8 Å². The van der Waals surface area contributed by atoms with Crippen LogP contribution in [0.4, 0.5) is 0 Å². The highest BCUT2D eigenvalue weighted by molar-refractivity contribution is 6.30. The molecule has 1 fully saturated rings. The molecule has 5 heteroatoms. The van der Waals surface area contributed by atoms with Crippen molar-refractivity contribution in [2.24, 2.45) is 7.05 Å². The molecule has 25 heavy (non-hydrogen) atoms. The number of aromatic nitrogens is 3. The molecular formula is C20H24ClN4+. The van der Waals surface area contributed by atoms with Gasteiger partial charge in [0.1, 0.15) is 17.7 Å². The summed E-state index contributed by atoms with van der Waals surface area (Å²) in [4.78, 5) is 1.58. The minimum Gasteiger partial charge on any atom is -0.350 e. The first-order valence-electron chi connectivity index (χ1n) is 8.90. The Labute approximate surface area is 153 Å². The molecule has 1 aliphatic rings. The fourth-order valence-electron chi connectivity index (χ4n) is 4.02. The van der Waals surface area contributed by atoms with Crippen LogP contribution < -0.4 is 4.90 Å². The summed E-state index contributed by atoms with van der Waals surface area (Å²) >= 11 is 6.73. The van der Waals surface area contributed by atoms with Gasteiger partial charge in [-0.25, -0.2) is 4.68 Å². The number of likely N-dealkylation sites (tertiary alicyclic amines) is 1. The molecule has 1 aliphatic heterocycles. The Hall–Kier alpha value is -2.04. The van der Waals surface area contributed by atoms with E-state index >= 15 is 0 Å². The van der Waals surface area contributed by atoms with Crippen LogP contribution in [0.5, 0.6) is 0 Å². The molecule has 130 valence electrons. The molecule has 1 aromatic carbocycles. The number of nitrogens with one attached hydrogen (secondary N) is 1. The Morgan fingerprint density at radius 2 is 2.00 bits per heavy atom. The fourth-order valence-corrected chi connectivity index (χ4v) is 4.36. The minimum absolute atomic E-state index is 0.538.